The zero-order valence-electron chi connectivity index (χ0n) is 18.8. The molecule has 0 aliphatic carbocycles. The third-order valence-corrected chi connectivity index (χ3v) is 6.75. The summed E-state index contributed by atoms with van der Waals surface area (Å²) in [4.78, 5) is 27.5. The van der Waals surface area contributed by atoms with E-state index in [1.165, 1.54) is 6.07 Å². The molecule has 2 amide bonds. The lowest BCUT2D eigenvalue weighted by Crippen LogP contribution is -2.31. The molecule has 0 bridgehead atoms. The van der Waals surface area contributed by atoms with Gasteiger partial charge in [-0.15, -0.1) is 0 Å². The van der Waals surface area contributed by atoms with Crippen molar-refractivity contribution in [2.75, 3.05) is 23.1 Å². The summed E-state index contributed by atoms with van der Waals surface area (Å²) < 4.78 is 28.4. The molecule has 0 aliphatic heterocycles. The topological polar surface area (TPSA) is 95.6 Å². The van der Waals surface area contributed by atoms with Crippen molar-refractivity contribution in [3.8, 4) is 0 Å². The van der Waals surface area contributed by atoms with Crippen molar-refractivity contribution >= 4 is 33.2 Å². The van der Waals surface area contributed by atoms with E-state index in [1.807, 2.05) is 13.8 Å². The van der Waals surface area contributed by atoms with E-state index in [0.29, 0.717) is 35.6 Å². The Labute approximate surface area is 194 Å². The zero-order valence-corrected chi connectivity index (χ0v) is 19.6. The molecule has 7 nitrogen and oxygen atoms in total. The Hall–Kier alpha value is -3.65. The predicted molar refractivity (Wildman–Crippen MR) is 130 cm³/mol. The Balaban J connectivity index is 1.89. The van der Waals surface area contributed by atoms with Gasteiger partial charge in [-0.25, -0.2) is 8.42 Å². The van der Waals surface area contributed by atoms with Gasteiger partial charge < -0.3 is 10.2 Å². The van der Waals surface area contributed by atoms with Crippen molar-refractivity contribution in [1.29, 1.82) is 0 Å². The normalized spacial score (nSPS) is 11.0. The number of carbonyl (C=O) groups excluding carboxylic acids is 2. The number of benzene rings is 3. The van der Waals surface area contributed by atoms with E-state index in [4.69, 9.17) is 0 Å². The number of hydrogen-bond acceptors (Lipinski definition) is 4. The Morgan fingerprint density at radius 2 is 1.52 bits per heavy atom. The molecule has 0 spiro atoms. The van der Waals surface area contributed by atoms with E-state index in [-0.39, 0.29) is 16.4 Å². The molecule has 3 rings (SSSR count). The number of carbonyl (C=O) groups is 2. The molecule has 0 saturated carbocycles. The van der Waals surface area contributed by atoms with Crippen LogP contribution < -0.4 is 10.0 Å². The zero-order chi connectivity index (χ0) is 24.0. The number of rotatable bonds is 8. The van der Waals surface area contributed by atoms with Crippen LogP contribution in [0.3, 0.4) is 0 Å². The molecule has 0 fully saturated rings. The molecule has 0 unspecified atom stereocenters. The first-order valence-corrected chi connectivity index (χ1v) is 12.1. The number of para-hydroxylation sites is 2. The monoisotopic (exact) mass is 465 g/mol. The summed E-state index contributed by atoms with van der Waals surface area (Å²) in [6, 6.07) is 19.8. The smallest absolute Gasteiger partial charge is 0.262 e. The number of nitrogens with zero attached hydrogens (tertiary/aromatic N) is 1. The first-order chi connectivity index (χ1) is 15.8. The molecule has 0 radical (unpaired) electrons. The molecule has 3 aromatic carbocycles. The van der Waals surface area contributed by atoms with Crippen LogP contribution in [-0.2, 0) is 10.0 Å². The van der Waals surface area contributed by atoms with Crippen LogP contribution in [-0.4, -0.2) is 38.2 Å². The van der Waals surface area contributed by atoms with Gasteiger partial charge in [0.05, 0.1) is 16.1 Å². The summed E-state index contributed by atoms with van der Waals surface area (Å²) in [5.74, 6) is -0.693. The summed E-state index contributed by atoms with van der Waals surface area (Å²) in [6.07, 6.45) is 0. The number of nitrogens with one attached hydrogen (secondary N) is 2. The molecule has 0 aromatic heterocycles. The predicted octanol–water partition coefficient (Wildman–Crippen LogP) is 4.53. The Bertz CT molecular complexity index is 1250. The first-order valence-electron chi connectivity index (χ1n) is 10.6. The molecule has 8 heteroatoms. The van der Waals surface area contributed by atoms with Gasteiger partial charge in [-0.05, 0) is 62.7 Å². The highest BCUT2D eigenvalue weighted by Crippen LogP contribution is 2.23. The summed E-state index contributed by atoms with van der Waals surface area (Å²) in [5.41, 5.74) is 1.84. The van der Waals surface area contributed by atoms with Crippen molar-refractivity contribution < 1.29 is 18.0 Å². The van der Waals surface area contributed by atoms with Gasteiger partial charge in [0, 0.05) is 24.3 Å². The lowest BCUT2D eigenvalue weighted by molar-refractivity contribution is 0.0774. The van der Waals surface area contributed by atoms with Crippen LogP contribution in [0.5, 0.6) is 0 Å². The van der Waals surface area contributed by atoms with Crippen LogP contribution in [0, 0.1) is 6.92 Å². The van der Waals surface area contributed by atoms with E-state index in [1.54, 1.807) is 78.6 Å². The summed E-state index contributed by atoms with van der Waals surface area (Å²) in [5, 5.41) is 2.76. The average Bonchev–Trinajstić information content (AvgIpc) is 2.80. The number of anilines is 2. The number of amides is 2. The van der Waals surface area contributed by atoms with Crippen LogP contribution in [0.1, 0.15) is 40.1 Å². The fraction of sp³-hybridized carbons (Fsp3) is 0.200. The van der Waals surface area contributed by atoms with Crippen LogP contribution in [0.25, 0.3) is 0 Å². The molecule has 0 atom stereocenters. The van der Waals surface area contributed by atoms with Crippen LogP contribution in [0.4, 0.5) is 11.4 Å². The van der Waals surface area contributed by atoms with E-state index in [9.17, 15) is 18.0 Å². The van der Waals surface area contributed by atoms with Gasteiger partial charge in [-0.2, -0.15) is 0 Å². The minimum Gasteiger partial charge on any atom is -0.339 e. The summed E-state index contributed by atoms with van der Waals surface area (Å²) >= 11 is 0. The highest BCUT2D eigenvalue weighted by atomic mass is 32.2. The van der Waals surface area contributed by atoms with Gasteiger partial charge in [-0.1, -0.05) is 36.4 Å². The molecular formula is C25H27N3O4S. The average molecular weight is 466 g/mol. The van der Waals surface area contributed by atoms with Gasteiger partial charge >= 0.3 is 0 Å². The van der Waals surface area contributed by atoms with Crippen molar-refractivity contribution in [1.82, 2.24) is 4.90 Å². The summed E-state index contributed by atoms with van der Waals surface area (Å²) in [6.45, 7) is 6.54. The maximum atomic E-state index is 13.0. The van der Waals surface area contributed by atoms with E-state index < -0.39 is 15.9 Å². The lowest BCUT2D eigenvalue weighted by atomic mass is 10.1. The van der Waals surface area contributed by atoms with Crippen LogP contribution >= 0.6 is 0 Å². The molecule has 0 heterocycles. The Morgan fingerprint density at radius 3 is 2.18 bits per heavy atom. The van der Waals surface area contributed by atoms with Crippen LogP contribution in [0.2, 0.25) is 0 Å². The lowest BCUT2D eigenvalue weighted by Gasteiger charge is -2.20. The van der Waals surface area contributed by atoms with Gasteiger partial charge in [0.25, 0.3) is 21.8 Å². The van der Waals surface area contributed by atoms with Gasteiger partial charge in [0.2, 0.25) is 0 Å². The second-order valence-electron chi connectivity index (χ2n) is 7.43. The highest BCUT2D eigenvalue weighted by molar-refractivity contribution is 7.92. The SMILES string of the molecule is CCN(CC)C(=O)c1ccccc1NC(=O)c1ccc(C)c(S(=O)(=O)Nc2ccccc2)c1. The molecule has 172 valence electrons. The second-order valence-corrected chi connectivity index (χ2v) is 9.08. The Kier molecular flexibility index (Phi) is 7.50. The quantitative estimate of drug-likeness (QED) is 0.511. The Morgan fingerprint density at radius 1 is 0.879 bits per heavy atom. The minimum absolute atomic E-state index is 0.00602. The minimum atomic E-state index is -3.90. The summed E-state index contributed by atoms with van der Waals surface area (Å²) in [7, 11) is -3.90. The number of sulfonamides is 1. The molecule has 2 N–H and O–H groups in total. The number of aryl methyl sites for hydroxylation is 1. The first kappa shape index (κ1) is 24.0. The molecule has 0 aliphatic rings. The molecule has 3 aromatic rings. The van der Waals surface area contributed by atoms with Crippen molar-refractivity contribution in [3.63, 3.8) is 0 Å². The number of hydrogen-bond donors (Lipinski definition) is 2. The molecule has 33 heavy (non-hydrogen) atoms. The third kappa shape index (κ3) is 5.59. The van der Waals surface area contributed by atoms with Crippen molar-refractivity contribution in [3.05, 3.63) is 89.5 Å². The second kappa shape index (κ2) is 10.3. The molecule has 0 saturated heterocycles. The van der Waals surface area contributed by atoms with Gasteiger partial charge in [0.1, 0.15) is 0 Å². The van der Waals surface area contributed by atoms with E-state index in [0.717, 1.165) is 0 Å². The van der Waals surface area contributed by atoms with Gasteiger partial charge in [0.15, 0.2) is 0 Å². The van der Waals surface area contributed by atoms with E-state index in [2.05, 4.69) is 10.0 Å². The third-order valence-electron chi connectivity index (χ3n) is 5.22. The van der Waals surface area contributed by atoms with Gasteiger partial charge in [-0.3, -0.25) is 14.3 Å². The largest absolute Gasteiger partial charge is 0.339 e. The molecular weight excluding hydrogens is 438 g/mol. The maximum Gasteiger partial charge on any atom is 0.262 e. The van der Waals surface area contributed by atoms with Crippen molar-refractivity contribution in [2.24, 2.45) is 0 Å². The maximum absolute atomic E-state index is 13.0. The standard InChI is InChI=1S/C25H27N3O4S/c1-4-28(5-2)25(30)21-13-9-10-14-22(21)26-24(29)19-16-15-18(3)23(17-19)33(31,32)27-20-11-7-6-8-12-20/h6-17,27H,4-5H2,1-3H3,(H,26,29). The van der Waals surface area contributed by atoms with E-state index >= 15 is 0 Å². The van der Waals surface area contributed by atoms with Crippen molar-refractivity contribution in [2.45, 2.75) is 25.7 Å². The van der Waals surface area contributed by atoms with Crippen LogP contribution in [0.15, 0.2) is 77.7 Å². The fourth-order valence-corrected chi connectivity index (χ4v) is 4.73. The fourth-order valence-electron chi connectivity index (χ4n) is 3.40. The highest BCUT2D eigenvalue weighted by Gasteiger charge is 2.21.